The molecule has 0 fully saturated rings. The molecule has 1 aromatic heterocycles. The van der Waals surface area contributed by atoms with Crippen LogP contribution in [0.1, 0.15) is 17.4 Å². The van der Waals surface area contributed by atoms with Gasteiger partial charge in [0.25, 0.3) is 0 Å². The van der Waals surface area contributed by atoms with Gasteiger partial charge in [0.05, 0.1) is 15.7 Å². The van der Waals surface area contributed by atoms with Gasteiger partial charge in [0, 0.05) is 13.2 Å². The molecule has 1 N–H and O–H groups in total. The summed E-state index contributed by atoms with van der Waals surface area (Å²) in [6.45, 7) is 0. The molecule has 0 amide bonds. The Labute approximate surface area is 104 Å². The van der Waals surface area contributed by atoms with E-state index in [2.05, 4.69) is 0 Å². The molecule has 0 bridgehead atoms. The molecule has 84 valence electrons. The largest absolute Gasteiger partial charge is 0.382 e. The summed E-state index contributed by atoms with van der Waals surface area (Å²) in [5.74, 6) is 0. The second-order valence-electron chi connectivity index (χ2n) is 3.62. The topological polar surface area (TPSA) is 25.2 Å². The van der Waals surface area contributed by atoms with E-state index in [0.717, 1.165) is 11.3 Å². The predicted octanol–water partition coefficient (Wildman–Crippen LogP) is 3.41. The molecule has 0 aliphatic carbocycles. The van der Waals surface area contributed by atoms with Crippen LogP contribution in [-0.4, -0.2) is 9.67 Å². The van der Waals surface area contributed by atoms with Crippen LogP contribution in [0.15, 0.2) is 36.5 Å². The third-order valence-corrected chi connectivity index (χ3v) is 3.26. The SMILES string of the molecule is Cn1cccc1[C@@H](O)c1ccc(Cl)c(Cl)c1. The summed E-state index contributed by atoms with van der Waals surface area (Å²) in [7, 11) is 1.88. The highest BCUT2D eigenvalue weighted by molar-refractivity contribution is 6.42. The predicted molar refractivity (Wildman–Crippen MR) is 65.9 cm³/mol. The van der Waals surface area contributed by atoms with Gasteiger partial charge in [-0.05, 0) is 29.8 Å². The number of hydrogen-bond donors (Lipinski definition) is 1. The highest BCUT2D eigenvalue weighted by Gasteiger charge is 2.13. The third kappa shape index (κ3) is 2.09. The molecule has 0 saturated carbocycles. The van der Waals surface area contributed by atoms with Crippen molar-refractivity contribution in [2.45, 2.75) is 6.10 Å². The minimum atomic E-state index is -0.685. The molecule has 0 radical (unpaired) electrons. The van der Waals surface area contributed by atoms with Crippen molar-refractivity contribution in [3.63, 3.8) is 0 Å². The van der Waals surface area contributed by atoms with Gasteiger partial charge in [-0.1, -0.05) is 29.3 Å². The number of rotatable bonds is 2. The van der Waals surface area contributed by atoms with E-state index in [4.69, 9.17) is 23.2 Å². The number of aryl methyl sites for hydroxylation is 1. The number of halogens is 2. The number of hydrogen-bond acceptors (Lipinski definition) is 1. The van der Waals surface area contributed by atoms with E-state index in [1.807, 2.05) is 29.9 Å². The molecule has 0 aliphatic heterocycles. The van der Waals surface area contributed by atoms with Crippen molar-refractivity contribution in [2.75, 3.05) is 0 Å². The average molecular weight is 256 g/mol. The van der Waals surface area contributed by atoms with Crippen molar-refractivity contribution in [1.82, 2.24) is 4.57 Å². The zero-order valence-electron chi connectivity index (χ0n) is 8.69. The molecule has 0 unspecified atom stereocenters. The Bertz CT molecular complexity index is 507. The first-order valence-corrected chi connectivity index (χ1v) is 5.59. The monoisotopic (exact) mass is 255 g/mol. The van der Waals surface area contributed by atoms with E-state index < -0.39 is 6.10 Å². The van der Waals surface area contributed by atoms with E-state index in [0.29, 0.717) is 10.0 Å². The summed E-state index contributed by atoms with van der Waals surface area (Å²) < 4.78 is 1.87. The minimum Gasteiger partial charge on any atom is -0.382 e. The lowest BCUT2D eigenvalue weighted by molar-refractivity contribution is 0.211. The number of aliphatic hydroxyl groups is 1. The van der Waals surface area contributed by atoms with Crippen molar-refractivity contribution in [1.29, 1.82) is 0 Å². The molecule has 2 nitrogen and oxygen atoms in total. The Balaban J connectivity index is 2.38. The Morgan fingerprint density at radius 2 is 1.94 bits per heavy atom. The van der Waals surface area contributed by atoms with Crippen LogP contribution < -0.4 is 0 Å². The maximum absolute atomic E-state index is 10.2. The normalized spacial score (nSPS) is 12.8. The van der Waals surface area contributed by atoms with Crippen molar-refractivity contribution >= 4 is 23.2 Å². The molecule has 1 heterocycles. The zero-order valence-corrected chi connectivity index (χ0v) is 10.2. The number of aliphatic hydroxyl groups excluding tert-OH is 1. The second-order valence-corrected chi connectivity index (χ2v) is 4.43. The fourth-order valence-electron chi connectivity index (χ4n) is 1.61. The zero-order chi connectivity index (χ0) is 11.7. The fourth-order valence-corrected chi connectivity index (χ4v) is 1.92. The van der Waals surface area contributed by atoms with E-state index in [1.165, 1.54) is 0 Å². The van der Waals surface area contributed by atoms with Crippen molar-refractivity contribution in [2.24, 2.45) is 7.05 Å². The molecular formula is C12H11Cl2NO. The molecule has 2 rings (SSSR count). The van der Waals surface area contributed by atoms with E-state index >= 15 is 0 Å². The fraction of sp³-hybridized carbons (Fsp3) is 0.167. The van der Waals surface area contributed by atoms with Crippen molar-refractivity contribution in [3.05, 3.63) is 57.8 Å². The lowest BCUT2D eigenvalue weighted by Gasteiger charge is -2.13. The standard InChI is InChI=1S/C12H11Cl2NO/c1-15-6-2-3-11(15)12(16)8-4-5-9(13)10(14)7-8/h2-7,12,16H,1H3/t12-/m0/s1. The summed E-state index contributed by atoms with van der Waals surface area (Å²) in [6, 6.07) is 8.89. The van der Waals surface area contributed by atoms with Crippen LogP contribution in [0, 0.1) is 0 Å². The summed E-state index contributed by atoms with van der Waals surface area (Å²) in [6.07, 6.45) is 1.20. The minimum absolute atomic E-state index is 0.451. The maximum Gasteiger partial charge on any atom is 0.119 e. The van der Waals surface area contributed by atoms with E-state index in [1.54, 1.807) is 18.2 Å². The molecule has 0 aliphatic rings. The van der Waals surface area contributed by atoms with Crippen LogP contribution in [0.5, 0.6) is 0 Å². The Kier molecular flexibility index (Phi) is 3.24. The highest BCUT2D eigenvalue weighted by Crippen LogP contribution is 2.28. The highest BCUT2D eigenvalue weighted by atomic mass is 35.5. The van der Waals surface area contributed by atoms with Gasteiger partial charge in [-0.15, -0.1) is 0 Å². The van der Waals surface area contributed by atoms with Gasteiger partial charge >= 0.3 is 0 Å². The van der Waals surface area contributed by atoms with Gasteiger partial charge in [0.15, 0.2) is 0 Å². The molecule has 0 saturated heterocycles. The van der Waals surface area contributed by atoms with Gasteiger partial charge in [0.1, 0.15) is 6.10 Å². The Morgan fingerprint density at radius 1 is 1.19 bits per heavy atom. The summed E-state index contributed by atoms with van der Waals surface area (Å²) in [5, 5.41) is 11.1. The summed E-state index contributed by atoms with van der Waals surface area (Å²) >= 11 is 11.7. The number of aromatic nitrogens is 1. The Hall–Kier alpha value is -0.960. The summed E-state index contributed by atoms with van der Waals surface area (Å²) in [4.78, 5) is 0. The number of benzene rings is 1. The van der Waals surface area contributed by atoms with Crippen LogP contribution >= 0.6 is 23.2 Å². The third-order valence-electron chi connectivity index (χ3n) is 2.52. The van der Waals surface area contributed by atoms with Crippen molar-refractivity contribution in [3.8, 4) is 0 Å². The molecule has 1 aromatic carbocycles. The van der Waals surface area contributed by atoms with Crippen LogP contribution in [0.3, 0.4) is 0 Å². The van der Waals surface area contributed by atoms with Gasteiger partial charge in [0.2, 0.25) is 0 Å². The lowest BCUT2D eigenvalue weighted by Crippen LogP contribution is -2.04. The maximum atomic E-state index is 10.2. The van der Waals surface area contributed by atoms with Crippen LogP contribution in [-0.2, 0) is 7.05 Å². The second kappa shape index (κ2) is 4.50. The van der Waals surface area contributed by atoms with Crippen LogP contribution in [0.25, 0.3) is 0 Å². The van der Waals surface area contributed by atoms with Gasteiger partial charge < -0.3 is 9.67 Å². The lowest BCUT2D eigenvalue weighted by atomic mass is 10.1. The van der Waals surface area contributed by atoms with Crippen molar-refractivity contribution < 1.29 is 5.11 Å². The smallest absolute Gasteiger partial charge is 0.119 e. The first-order chi connectivity index (χ1) is 7.59. The average Bonchev–Trinajstić information content (AvgIpc) is 2.67. The van der Waals surface area contributed by atoms with E-state index in [-0.39, 0.29) is 0 Å². The van der Waals surface area contributed by atoms with Gasteiger partial charge in [-0.25, -0.2) is 0 Å². The first kappa shape index (κ1) is 11.5. The molecule has 4 heteroatoms. The molecular weight excluding hydrogens is 245 g/mol. The van der Waals surface area contributed by atoms with Crippen LogP contribution in [0.4, 0.5) is 0 Å². The summed E-state index contributed by atoms with van der Waals surface area (Å²) in [5.41, 5.74) is 1.55. The van der Waals surface area contributed by atoms with Gasteiger partial charge in [-0.2, -0.15) is 0 Å². The molecule has 16 heavy (non-hydrogen) atoms. The van der Waals surface area contributed by atoms with Crippen LogP contribution in [0.2, 0.25) is 10.0 Å². The quantitative estimate of drug-likeness (QED) is 0.875. The van der Waals surface area contributed by atoms with Gasteiger partial charge in [-0.3, -0.25) is 0 Å². The first-order valence-electron chi connectivity index (χ1n) is 4.84. The molecule has 1 atom stereocenters. The van der Waals surface area contributed by atoms with E-state index in [9.17, 15) is 5.11 Å². The Morgan fingerprint density at radius 3 is 2.50 bits per heavy atom. The molecule has 2 aromatic rings. The number of nitrogens with zero attached hydrogens (tertiary/aromatic N) is 1. The molecule has 0 spiro atoms.